The van der Waals surface area contributed by atoms with E-state index in [0.29, 0.717) is 6.54 Å². The van der Waals surface area contributed by atoms with Gasteiger partial charge in [0.05, 0.1) is 6.61 Å². The lowest BCUT2D eigenvalue weighted by Gasteiger charge is -2.22. The number of likely N-dealkylation sites (N-methyl/N-ethyl adjacent to an activating group) is 1. The first-order valence-corrected chi connectivity index (χ1v) is 8.21. The van der Waals surface area contributed by atoms with E-state index in [0.717, 1.165) is 24.5 Å². The van der Waals surface area contributed by atoms with Crippen LogP contribution in [0.5, 0.6) is 0 Å². The van der Waals surface area contributed by atoms with Crippen LogP contribution in [0.1, 0.15) is 22.2 Å². The summed E-state index contributed by atoms with van der Waals surface area (Å²) in [4.78, 5) is 4.91. The molecule has 1 aromatic heterocycles. The number of hydrogen-bond donors (Lipinski definition) is 2. The molecule has 0 bridgehead atoms. The number of benzene rings is 1. The molecule has 0 spiro atoms. The molecule has 0 saturated heterocycles. The number of aliphatic hydroxyl groups is 1. The Morgan fingerprint density at radius 2 is 1.90 bits per heavy atom. The molecule has 2 rings (SSSR count). The van der Waals surface area contributed by atoms with Crippen molar-refractivity contribution in [2.75, 3.05) is 29.9 Å². The van der Waals surface area contributed by atoms with Gasteiger partial charge in [-0.3, -0.25) is 0 Å². The summed E-state index contributed by atoms with van der Waals surface area (Å²) in [6.45, 7) is 9.05. The summed E-state index contributed by atoms with van der Waals surface area (Å²) in [5.74, 6) is 0. The highest BCUT2D eigenvalue weighted by Crippen LogP contribution is 2.22. The second-order valence-electron chi connectivity index (χ2n) is 5.14. The van der Waals surface area contributed by atoms with Crippen LogP contribution in [0.25, 0.3) is 0 Å². The van der Waals surface area contributed by atoms with E-state index >= 15 is 0 Å². The second kappa shape index (κ2) is 7.48. The van der Waals surface area contributed by atoms with Crippen molar-refractivity contribution in [1.29, 1.82) is 0 Å². The molecule has 0 atom stereocenters. The van der Waals surface area contributed by atoms with Crippen LogP contribution in [0.4, 0.5) is 11.4 Å². The average Bonchev–Trinajstić information content (AvgIpc) is 2.81. The first kappa shape index (κ1) is 15.9. The molecular formula is C17H24N2OS. The maximum atomic E-state index is 9.07. The molecule has 0 aliphatic carbocycles. The van der Waals surface area contributed by atoms with Gasteiger partial charge in [-0.1, -0.05) is 0 Å². The van der Waals surface area contributed by atoms with Crippen LogP contribution >= 0.6 is 11.3 Å². The highest BCUT2D eigenvalue weighted by Gasteiger charge is 2.05. The molecule has 2 N–H and O–H groups in total. The minimum atomic E-state index is 0.185. The first-order chi connectivity index (χ1) is 10.1. The van der Waals surface area contributed by atoms with Gasteiger partial charge in [0, 0.05) is 40.8 Å². The van der Waals surface area contributed by atoms with E-state index in [2.05, 4.69) is 61.3 Å². The van der Waals surface area contributed by atoms with E-state index in [1.165, 1.54) is 15.3 Å². The Morgan fingerprint density at radius 1 is 1.19 bits per heavy atom. The van der Waals surface area contributed by atoms with Crippen LogP contribution in [0, 0.1) is 13.8 Å². The van der Waals surface area contributed by atoms with Crippen molar-refractivity contribution in [3.8, 4) is 0 Å². The van der Waals surface area contributed by atoms with Crippen LogP contribution < -0.4 is 10.2 Å². The van der Waals surface area contributed by atoms with Crippen LogP contribution in [0.2, 0.25) is 0 Å². The average molecular weight is 304 g/mol. The van der Waals surface area contributed by atoms with E-state index in [1.54, 1.807) is 0 Å². The lowest BCUT2D eigenvalue weighted by molar-refractivity contribution is 0.302. The summed E-state index contributed by atoms with van der Waals surface area (Å²) in [5.41, 5.74) is 3.65. The fourth-order valence-corrected chi connectivity index (χ4v) is 3.38. The van der Waals surface area contributed by atoms with Gasteiger partial charge in [-0.2, -0.15) is 0 Å². The Balaban J connectivity index is 1.97. The summed E-state index contributed by atoms with van der Waals surface area (Å²) in [7, 11) is 0. The highest BCUT2D eigenvalue weighted by molar-refractivity contribution is 7.12. The number of nitrogens with zero attached hydrogens (tertiary/aromatic N) is 1. The third-order valence-electron chi connectivity index (χ3n) is 3.61. The van der Waals surface area contributed by atoms with Gasteiger partial charge < -0.3 is 15.3 Å². The normalized spacial score (nSPS) is 10.7. The van der Waals surface area contributed by atoms with Gasteiger partial charge >= 0.3 is 0 Å². The topological polar surface area (TPSA) is 35.5 Å². The number of rotatable bonds is 7. The number of hydrogen-bond acceptors (Lipinski definition) is 4. The standard InChI is InChI=1S/C17H24N2OS/c1-4-19(9-10-20)17-7-5-16(6-8-17)18-12-15-11-13(2)21-14(15)3/h5-8,11,18,20H,4,9-10,12H2,1-3H3. The van der Waals surface area contributed by atoms with Crippen LogP contribution in [0.15, 0.2) is 30.3 Å². The lowest BCUT2D eigenvalue weighted by atomic mass is 10.2. The van der Waals surface area contributed by atoms with Crippen molar-refractivity contribution >= 4 is 22.7 Å². The zero-order valence-electron chi connectivity index (χ0n) is 13.0. The minimum Gasteiger partial charge on any atom is -0.395 e. The van der Waals surface area contributed by atoms with Gasteiger partial charge in [-0.05, 0) is 56.7 Å². The van der Waals surface area contributed by atoms with Gasteiger partial charge in [0.2, 0.25) is 0 Å². The minimum absolute atomic E-state index is 0.185. The van der Waals surface area contributed by atoms with Gasteiger partial charge in [0.25, 0.3) is 0 Å². The molecule has 0 saturated carbocycles. The molecule has 114 valence electrons. The third kappa shape index (κ3) is 4.22. The van der Waals surface area contributed by atoms with Crippen LogP contribution in [0.3, 0.4) is 0 Å². The van der Waals surface area contributed by atoms with Gasteiger partial charge in [0.1, 0.15) is 0 Å². The van der Waals surface area contributed by atoms with E-state index in [9.17, 15) is 0 Å². The Labute approximate surface area is 131 Å². The van der Waals surface area contributed by atoms with Crippen molar-refractivity contribution < 1.29 is 5.11 Å². The number of aliphatic hydroxyl groups excluding tert-OH is 1. The molecule has 0 fully saturated rings. The maximum Gasteiger partial charge on any atom is 0.0606 e. The Bertz CT molecular complexity index is 563. The van der Waals surface area contributed by atoms with E-state index in [1.807, 2.05) is 11.3 Å². The molecule has 3 nitrogen and oxygen atoms in total. The molecule has 2 aromatic rings. The van der Waals surface area contributed by atoms with Gasteiger partial charge in [-0.25, -0.2) is 0 Å². The largest absolute Gasteiger partial charge is 0.395 e. The van der Waals surface area contributed by atoms with Gasteiger partial charge in [-0.15, -0.1) is 11.3 Å². The van der Waals surface area contributed by atoms with Crippen molar-refractivity contribution in [2.45, 2.75) is 27.3 Å². The predicted molar refractivity (Wildman–Crippen MR) is 92.5 cm³/mol. The number of nitrogens with one attached hydrogen (secondary N) is 1. The lowest BCUT2D eigenvalue weighted by Crippen LogP contribution is -2.25. The van der Waals surface area contributed by atoms with Crippen molar-refractivity contribution in [2.24, 2.45) is 0 Å². The monoisotopic (exact) mass is 304 g/mol. The van der Waals surface area contributed by atoms with Crippen molar-refractivity contribution in [3.63, 3.8) is 0 Å². The Kier molecular flexibility index (Phi) is 5.65. The van der Waals surface area contributed by atoms with E-state index < -0.39 is 0 Å². The molecule has 0 radical (unpaired) electrons. The molecule has 0 unspecified atom stereocenters. The summed E-state index contributed by atoms with van der Waals surface area (Å²) in [5, 5.41) is 12.5. The molecule has 21 heavy (non-hydrogen) atoms. The summed E-state index contributed by atoms with van der Waals surface area (Å²) in [6, 6.07) is 10.7. The van der Waals surface area contributed by atoms with E-state index in [4.69, 9.17) is 5.11 Å². The SMILES string of the molecule is CCN(CCO)c1ccc(NCc2cc(C)sc2C)cc1. The number of thiophene rings is 1. The quantitative estimate of drug-likeness (QED) is 0.817. The van der Waals surface area contributed by atoms with Gasteiger partial charge in [0.15, 0.2) is 0 Å². The molecular weight excluding hydrogens is 280 g/mol. The maximum absolute atomic E-state index is 9.07. The smallest absolute Gasteiger partial charge is 0.0606 e. The predicted octanol–water partition coefficient (Wildman–Crippen LogP) is 3.80. The first-order valence-electron chi connectivity index (χ1n) is 7.39. The Hall–Kier alpha value is -1.52. The summed E-state index contributed by atoms with van der Waals surface area (Å²) >= 11 is 1.85. The number of anilines is 2. The molecule has 4 heteroatoms. The molecule has 1 aromatic carbocycles. The summed E-state index contributed by atoms with van der Waals surface area (Å²) < 4.78 is 0. The fraction of sp³-hybridized carbons (Fsp3) is 0.412. The highest BCUT2D eigenvalue weighted by atomic mass is 32.1. The van der Waals surface area contributed by atoms with Crippen molar-refractivity contribution in [3.05, 3.63) is 45.6 Å². The second-order valence-corrected chi connectivity index (χ2v) is 6.60. The molecule has 1 heterocycles. The van der Waals surface area contributed by atoms with E-state index in [-0.39, 0.29) is 6.61 Å². The third-order valence-corrected chi connectivity index (χ3v) is 4.62. The van der Waals surface area contributed by atoms with Crippen molar-refractivity contribution in [1.82, 2.24) is 0 Å². The molecule has 0 aliphatic heterocycles. The Morgan fingerprint density at radius 3 is 2.43 bits per heavy atom. The summed E-state index contributed by atoms with van der Waals surface area (Å²) in [6.07, 6.45) is 0. The van der Waals surface area contributed by atoms with Crippen LogP contribution in [-0.4, -0.2) is 24.8 Å². The van der Waals surface area contributed by atoms with Crippen LogP contribution in [-0.2, 0) is 6.54 Å². The molecule has 0 aliphatic rings. The molecule has 0 amide bonds. The fourth-order valence-electron chi connectivity index (χ4n) is 2.44. The zero-order valence-corrected chi connectivity index (χ0v) is 13.8. The number of aryl methyl sites for hydroxylation is 2. The zero-order chi connectivity index (χ0) is 15.2.